The molecule has 1 aliphatic rings. The van der Waals surface area contributed by atoms with Crippen molar-refractivity contribution in [3.63, 3.8) is 0 Å². The number of benzene rings is 2. The van der Waals surface area contributed by atoms with E-state index in [-0.39, 0.29) is 13.2 Å². The van der Waals surface area contributed by atoms with Crippen LogP contribution in [0.1, 0.15) is 0 Å². The Morgan fingerprint density at radius 1 is 0.643 bits per heavy atom. The van der Waals surface area contributed by atoms with Crippen LogP contribution >= 0.6 is 0 Å². The van der Waals surface area contributed by atoms with E-state index in [0.717, 1.165) is 35.3 Å². The monoisotopic (exact) mass is 426 g/mol. The number of rotatable bonds is 8. The van der Waals surface area contributed by atoms with Crippen LogP contribution in [0.5, 0.6) is 0 Å². The van der Waals surface area contributed by atoms with Gasteiger partial charge in [-0.3, -0.25) is 8.37 Å². The van der Waals surface area contributed by atoms with E-state index in [0.29, 0.717) is 13.1 Å². The van der Waals surface area contributed by atoms with E-state index in [2.05, 4.69) is 0 Å². The summed E-state index contributed by atoms with van der Waals surface area (Å²) < 4.78 is 55.1. The summed E-state index contributed by atoms with van der Waals surface area (Å²) in [5.41, 5.74) is 3.49. The van der Waals surface area contributed by atoms with Crippen LogP contribution in [0.15, 0.2) is 48.5 Å². The molecule has 0 aliphatic carbocycles. The molecule has 0 bridgehead atoms. The Morgan fingerprint density at radius 3 is 1.18 bits per heavy atom. The Balaban J connectivity index is 1.92. The Morgan fingerprint density at radius 2 is 0.929 bits per heavy atom. The van der Waals surface area contributed by atoms with Gasteiger partial charge in [0.2, 0.25) is 0 Å². The van der Waals surface area contributed by atoms with E-state index in [4.69, 9.17) is 8.37 Å². The third-order valence-corrected chi connectivity index (χ3v) is 5.34. The topological polar surface area (TPSA) is 93.2 Å². The highest BCUT2D eigenvalue weighted by molar-refractivity contribution is 7.86. The second-order valence-electron chi connectivity index (χ2n) is 6.33. The minimum absolute atomic E-state index is 0.0126. The van der Waals surface area contributed by atoms with E-state index < -0.39 is 20.2 Å². The first kappa shape index (κ1) is 20.6. The first-order valence-corrected chi connectivity index (χ1v) is 12.2. The average Bonchev–Trinajstić information content (AvgIpc) is 2.61. The molecule has 0 spiro atoms. The largest absolute Gasteiger partial charge is 0.336 e. The molecule has 0 aromatic heterocycles. The summed E-state index contributed by atoms with van der Waals surface area (Å²) in [4.78, 5) is 3.98. The predicted octanol–water partition coefficient (Wildman–Crippen LogP) is 2.23. The molecule has 0 fully saturated rings. The number of hydrogen-bond acceptors (Lipinski definition) is 8. The molecule has 152 valence electrons. The van der Waals surface area contributed by atoms with Crippen molar-refractivity contribution in [3.05, 3.63) is 48.5 Å². The Labute approximate surface area is 165 Å². The summed E-state index contributed by atoms with van der Waals surface area (Å²) in [5, 5.41) is 0. The molecule has 0 saturated heterocycles. The quantitative estimate of drug-likeness (QED) is 0.593. The maximum Gasteiger partial charge on any atom is 0.264 e. The molecule has 0 saturated carbocycles. The molecule has 0 unspecified atom stereocenters. The van der Waals surface area contributed by atoms with Gasteiger partial charge in [0.15, 0.2) is 0 Å². The number of hydrogen-bond donors (Lipinski definition) is 0. The first-order chi connectivity index (χ1) is 13.2. The smallest absolute Gasteiger partial charge is 0.264 e. The molecule has 28 heavy (non-hydrogen) atoms. The van der Waals surface area contributed by atoms with Crippen LogP contribution in [-0.2, 0) is 28.6 Å². The third kappa shape index (κ3) is 5.02. The second-order valence-corrected chi connectivity index (χ2v) is 9.62. The minimum atomic E-state index is -3.53. The molecule has 1 aliphatic heterocycles. The molecule has 8 nitrogen and oxygen atoms in total. The number of fused-ring (bicyclic) bond motifs is 2. The fourth-order valence-corrected chi connectivity index (χ4v) is 3.90. The molecule has 2 aromatic rings. The van der Waals surface area contributed by atoms with Crippen molar-refractivity contribution in [1.29, 1.82) is 0 Å². The predicted molar refractivity (Wildman–Crippen MR) is 108 cm³/mol. The van der Waals surface area contributed by atoms with E-state index in [1.54, 1.807) is 0 Å². The molecule has 1 heterocycles. The SMILES string of the molecule is CS(=O)(=O)OCCN1c2ccccc2N(CCOS(C)(=O)=O)c2ccccc21. The van der Waals surface area contributed by atoms with Gasteiger partial charge in [-0.2, -0.15) is 16.8 Å². The number of nitrogens with zero attached hydrogens (tertiary/aromatic N) is 2. The molecule has 0 N–H and O–H groups in total. The van der Waals surface area contributed by atoms with Gasteiger partial charge >= 0.3 is 0 Å². The molecule has 2 aromatic carbocycles. The third-order valence-electron chi connectivity index (χ3n) is 4.15. The van der Waals surface area contributed by atoms with Gasteiger partial charge in [0.1, 0.15) is 0 Å². The van der Waals surface area contributed by atoms with Gasteiger partial charge in [-0.25, -0.2) is 0 Å². The summed E-state index contributed by atoms with van der Waals surface area (Å²) >= 11 is 0. The van der Waals surface area contributed by atoms with Gasteiger partial charge in [0.05, 0.1) is 48.5 Å². The van der Waals surface area contributed by atoms with Crippen molar-refractivity contribution in [1.82, 2.24) is 0 Å². The fourth-order valence-electron chi connectivity index (χ4n) is 3.14. The minimum Gasteiger partial charge on any atom is -0.336 e. The van der Waals surface area contributed by atoms with E-state index >= 15 is 0 Å². The Hall–Kier alpha value is -2.14. The van der Waals surface area contributed by atoms with Gasteiger partial charge in [-0.15, -0.1) is 0 Å². The zero-order chi connectivity index (χ0) is 20.4. The highest BCUT2D eigenvalue weighted by Gasteiger charge is 2.28. The maximum absolute atomic E-state index is 11.3. The lowest BCUT2D eigenvalue weighted by atomic mass is 10.1. The number of para-hydroxylation sites is 4. The zero-order valence-corrected chi connectivity index (χ0v) is 17.2. The van der Waals surface area contributed by atoms with Crippen LogP contribution in [-0.4, -0.2) is 55.7 Å². The second kappa shape index (κ2) is 8.08. The van der Waals surface area contributed by atoms with Crippen molar-refractivity contribution < 1.29 is 25.2 Å². The van der Waals surface area contributed by atoms with E-state index in [1.807, 2.05) is 58.3 Å². The zero-order valence-electron chi connectivity index (χ0n) is 15.6. The van der Waals surface area contributed by atoms with Crippen LogP contribution in [0.4, 0.5) is 22.7 Å². The van der Waals surface area contributed by atoms with Crippen LogP contribution < -0.4 is 9.80 Å². The Kier molecular flexibility index (Phi) is 5.94. The van der Waals surface area contributed by atoms with E-state index in [1.165, 1.54) is 0 Å². The van der Waals surface area contributed by atoms with Crippen LogP contribution in [0.2, 0.25) is 0 Å². The molecule has 10 heteroatoms. The van der Waals surface area contributed by atoms with E-state index in [9.17, 15) is 16.8 Å². The Bertz CT molecular complexity index is 922. The van der Waals surface area contributed by atoms with Gasteiger partial charge in [-0.05, 0) is 24.3 Å². The summed E-state index contributed by atoms with van der Waals surface area (Å²) in [6.07, 6.45) is 2.04. The molecule has 0 amide bonds. The van der Waals surface area contributed by atoms with Crippen molar-refractivity contribution in [2.45, 2.75) is 0 Å². The van der Waals surface area contributed by atoms with Gasteiger partial charge in [-0.1, -0.05) is 24.3 Å². The first-order valence-electron chi connectivity index (χ1n) is 8.58. The van der Waals surface area contributed by atoms with Crippen molar-refractivity contribution >= 4 is 43.0 Å². The number of anilines is 4. The molecule has 0 atom stereocenters. The highest BCUT2D eigenvalue weighted by atomic mass is 32.2. The fraction of sp³-hybridized carbons (Fsp3) is 0.333. The average molecular weight is 427 g/mol. The molecule has 3 rings (SSSR count). The summed E-state index contributed by atoms with van der Waals surface area (Å²) in [7, 11) is -7.05. The standard InChI is InChI=1S/C18H22N2O6S2/c1-27(21,22)25-13-11-19-15-7-3-5-9-17(15)20(12-14-26-28(2,23)24)18-10-6-4-8-16(18)19/h3-10H,11-14H2,1-2H3. The molecule has 0 radical (unpaired) electrons. The maximum atomic E-state index is 11.3. The summed E-state index contributed by atoms with van der Waals surface area (Å²) in [6, 6.07) is 15.3. The molecular weight excluding hydrogens is 404 g/mol. The van der Waals surface area contributed by atoms with Crippen LogP contribution in [0.3, 0.4) is 0 Å². The van der Waals surface area contributed by atoms with Crippen LogP contribution in [0.25, 0.3) is 0 Å². The van der Waals surface area contributed by atoms with Crippen LogP contribution in [0, 0.1) is 0 Å². The van der Waals surface area contributed by atoms with Gasteiger partial charge in [0.25, 0.3) is 20.2 Å². The van der Waals surface area contributed by atoms with Crippen molar-refractivity contribution in [2.75, 3.05) is 48.6 Å². The van der Waals surface area contributed by atoms with Crippen molar-refractivity contribution in [3.8, 4) is 0 Å². The van der Waals surface area contributed by atoms with Gasteiger partial charge < -0.3 is 9.80 Å². The lowest BCUT2D eigenvalue weighted by Gasteiger charge is -2.40. The van der Waals surface area contributed by atoms with Gasteiger partial charge in [0, 0.05) is 13.1 Å². The summed E-state index contributed by atoms with van der Waals surface area (Å²) in [5.74, 6) is 0. The van der Waals surface area contributed by atoms with Crippen molar-refractivity contribution in [2.24, 2.45) is 0 Å². The lowest BCUT2D eigenvalue weighted by Crippen LogP contribution is -2.33. The highest BCUT2D eigenvalue weighted by Crippen LogP contribution is 2.47. The lowest BCUT2D eigenvalue weighted by molar-refractivity contribution is 0.328. The normalized spacial score (nSPS) is 13.9. The molecular formula is C18H22N2O6S2. The summed E-state index contributed by atoms with van der Waals surface area (Å²) in [6.45, 7) is 0.709.